The summed E-state index contributed by atoms with van der Waals surface area (Å²) >= 11 is 3.45. The van der Waals surface area contributed by atoms with Gasteiger partial charge in [0.1, 0.15) is 0 Å². The van der Waals surface area contributed by atoms with Gasteiger partial charge in [0.15, 0.2) is 0 Å². The molecule has 0 bridgehead atoms. The third-order valence-corrected chi connectivity index (χ3v) is 3.67. The molecular formula is C15H18BrN3O. The van der Waals surface area contributed by atoms with Gasteiger partial charge in [-0.05, 0) is 36.6 Å². The van der Waals surface area contributed by atoms with Gasteiger partial charge in [0.05, 0.1) is 11.3 Å². The monoisotopic (exact) mass is 335 g/mol. The fourth-order valence-corrected chi connectivity index (χ4v) is 2.56. The van der Waals surface area contributed by atoms with Gasteiger partial charge in [-0.25, -0.2) is 0 Å². The molecule has 0 aliphatic carbocycles. The van der Waals surface area contributed by atoms with Crippen LogP contribution in [-0.4, -0.2) is 15.7 Å². The molecule has 0 saturated heterocycles. The largest absolute Gasteiger partial charge is 0.322 e. The minimum absolute atomic E-state index is 0.105. The molecule has 2 aromatic rings. The van der Waals surface area contributed by atoms with Gasteiger partial charge in [-0.1, -0.05) is 29.8 Å². The molecule has 5 heteroatoms. The second kappa shape index (κ2) is 6.22. The second-order valence-electron chi connectivity index (χ2n) is 4.63. The van der Waals surface area contributed by atoms with Crippen molar-refractivity contribution in [2.75, 3.05) is 5.32 Å². The van der Waals surface area contributed by atoms with Crippen LogP contribution in [0.1, 0.15) is 35.5 Å². The molecule has 1 aromatic heterocycles. The molecule has 1 heterocycles. The van der Waals surface area contributed by atoms with E-state index in [1.807, 2.05) is 32.2 Å². The van der Waals surface area contributed by atoms with Gasteiger partial charge in [0, 0.05) is 23.4 Å². The Bertz CT molecular complexity index is 634. The number of anilines is 1. The Kier molecular flexibility index (Phi) is 4.60. The summed E-state index contributed by atoms with van der Waals surface area (Å²) in [5.41, 5.74) is 3.42. The number of amides is 1. The summed E-state index contributed by atoms with van der Waals surface area (Å²) in [5, 5.41) is 7.28. The van der Waals surface area contributed by atoms with Crippen molar-refractivity contribution >= 4 is 27.5 Å². The Balaban J connectivity index is 2.27. The highest BCUT2D eigenvalue weighted by Gasteiger charge is 2.15. The molecular weight excluding hydrogens is 318 g/mol. The van der Waals surface area contributed by atoms with Crippen LogP contribution in [0.2, 0.25) is 0 Å². The summed E-state index contributed by atoms with van der Waals surface area (Å²) in [6.45, 7) is 4.06. The molecule has 0 atom stereocenters. The van der Waals surface area contributed by atoms with Crippen LogP contribution >= 0.6 is 15.9 Å². The molecule has 1 N–H and O–H groups in total. The van der Waals surface area contributed by atoms with Crippen molar-refractivity contribution in [3.8, 4) is 0 Å². The van der Waals surface area contributed by atoms with E-state index in [1.165, 1.54) is 0 Å². The molecule has 1 aromatic carbocycles. The number of carbonyl (C=O) groups excluding carboxylic acids is 1. The fourth-order valence-electron chi connectivity index (χ4n) is 2.15. The number of halogens is 1. The maximum atomic E-state index is 12.4. The molecule has 0 spiro atoms. The number of carbonyl (C=O) groups is 1. The summed E-state index contributed by atoms with van der Waals surface area (Å²) in [6, 6.07) is 5.88. The van der Waals surface area contributed by atoms with E-state index in [0.717, 1.165) is 34.3 Å². The summed E-state index contributed by atoms with van der Waals surface area (Å²) in [7, 11) is 1.83. The molecule has 20 heavy (non-hydrogen) atoms. The first-order chi connectivity index (χ1) is 9.55. The predicted molar refractivity (Wildman–Crippen MR) is 84.1 cm³/mol. The highest BCUT2D eigenvalue weighted by atomic mass is 79.9. The number of nitrogens with zero attached hydrogens (tertiary/aromatic N) is 2. The lowest BCUT2D eigenvalue weighted by atomic mass is 10.1. The van der Waals surface area contributed by atoms with Crippen molar-refractivity contribution in [1.29, 1.82) is 0 Å². The first-order valence-electron chi connectivity index (χ1n) is 6.67. The molecule has 0 fully saturated rings. The molecule has 0 radical (unpaired) electrons. The van der Waals surface area contributed by atoms with E-state index in [-0.39, 0.29) is 5.91 Å². The van der Waals surface area contributed by atoms with Crippen LogP contribution in [0.3, 0.4) is 0 Å². The van der Waals surface area contributed by atoms with Crippen LogP contribution in [0, 0.1) is 0 Å². The van der Waals surface area contributed by atoms with Gasteiger partial charge in [0.2, 0.25) is 0 Å². The summed E-state index contributed by atoms with van der Waals surface area (Å²) in [5.74, 6) is -0.105. The van der Waals surface area contributed by atoms with Crippen molar-refractivity contribution in [2.45, 2.75) is 26.7 Å². The number of nitrogens with one attached hydrogen (secondary N) is 1. The number of aromatic nitrogens is 2. The fraction of sp³-hybridized carbons (Fsp3) is 0.333. The van der Waals surface area contributed by atoms with Crippen molar-refractivity contribution in [2.24, 2.45) is 7.05 Å². The third-order valence-electron chi connectivity index (χ3n) is 3.18. The van der Waals surface area contributed by atoms with Crippen LogP contribution in [0.4, 0.5) is 5.69 Å². The first kappa shape index (κ1) is 14.8. The predicted octanol–water partition coefficient (Wildman–Crippen LogP) is 3.56. The molecule has 0 aliphatic rings. The topological polar surface area (TPSA) is 46.9 Å². The highest BCUT2D eigenvalue weighted by molar-refractivity contribution is 9.10. The van der Waals surface area contributed by atoms with Crippen molar-refractivity contribution in [1.82, 2.24) is 9.78 Å². The highest BCUT2D eigenvalue weighted by Crippen LogP contribution is 2.22. The minimum atomic E-state index is -0.105. The molecule has 1 amide bonds. The van der Waals surface area contributed by atoms with E-state index in [9.17, 15) is 4.79 Å². The molecule has 2 rings (SSSR count). The summed E-state index contributed by atoms with van der Waals surface area (Å²) < 4.78 is 2.69. The third kappa shape index (κ3) is 3.10. The van der Waals surface area contributed by atoms with Gasteiger partial charge in [-0.3, -0.25) is 9.48 Å². The zero-order valence-electron chi connectivity index (χ0n) is 11.9. The van der Waals surface area contributed by atoms with Crippen molar-refractivity contribution in [3.05, 3.63) is 45.7 Å². The standard InChI is InChI=1S/C15H18BrN3O/c1-4-10-8-11(16)6-7-14(10)17-15(20)12-9-19(3)18-13(12)5-2/h6-9H,4-5H2,1-3H3,(H,17,20). The van der Waals surface area contributed by atoms with Crippen LogP contribution in [-0.2, 0) is 19.9 Å². The van der Waals surface area contributed by atoms with E-state index in [4.69, 9.17) is 0 Å². The van der Waals surface area contributed by atoms with Crippen LogP contribution in [0.25, 0.3) is 0 Å². The van der Waals surface area contributed by atoms with Gasteiger partial charge in [-0.2, -0.15) is 5.10 Å². The number of hydrogen-bond acceptors (Lipinski definition) is 2. The summed E-state index contributed by atoms with van der Waals surface area (Å²) in [6.07, 6.45) is 3.37. The van der Waals surface area contributed by atoms with Gasteiger partial charge >= 0.3 is 0 Å². The number of rotatable bonds is 4. The minimum Gasteiger partial charge on any atom is -0.322 e. The number of hydrogen-bond donors (Lipinski definition) is 1. The summed E-state index contributed by atoms with van der Waals surface area (Å²) in [4.78, 5) is 12.4. The van der Waals surface area contributed by atoms with Gasteiger partial charge in [0.25, 0.3) is 5.91 Å². The molecule has 0 unspecified atom stereocenters. The second-order valence-corrected chi connectivity index (χ2v) is 5.54. The molecule has 0 saturated carbocycles. The maximum Gasteiger partial charge on any atom is 0.259 e. The average Bonchev–Trinajstić information content (AvgIpc) is 2.82. The van der Waals surface area contributed by atoms with Crippen LogP contribution in [0.15, 0.2) is 28.9 Å². The van der Waals surface area contributed by atoms with Gasteiger partial charge in [-0.15, -0.1) is 0 Å². The van der Waals surface area contributed by atoms with Gasteiger partial charge < -0.3 is 5.32 Å². The van der Waals surface area contributed by atoms with Crippen molar-refractivity contribution in [3.63, 3.8) is 0 Å². The maximum absolute atomic E-state index is 12.4. The molecule has 106 valence electrons. The average molecular weight is 336 g/mol. The zero-order valence-corrected chi connectivity index (χ0v) is 13.5. The Hall–Kier alpha value is -1.62. The van der Waals surface area contributed by atoms with Crippen LogP contribution in [0.5, 0.6) is 0 Å². The number of aryl methyl sites for hydroxylation is 3. The SMILES string of the molecule is CCc1cc(Br)ccc1NC(=O)c1cn(C)nc1CC. The van der Waals surface area contributed by atoms with E-state index in [0.29, 0.717) is 5.56 Å². The lowest BCUT2D eigenvalue weighted by Crippen LogP contribution is -2.14. The quantitative estimate of drug-likeness (QED) is 0.928. The number of benzene rings is 1. The smallest absolute Gasteiger partial charge is 0.259 e. The van der Waals surface area contributed by atoms with E-state index < -0.39 is 0 Å². The van der Waals surface area contributed by atoms with E-state index >= 15 is 0 Å². The van der Waals surface area contributed by atoms with E-state index in [2.05, 4.69) is 33.3 Å². The lowest BCUT2D eigenvalue weighted by molar-refractivity contribution is 0.102. The molecule has 4 nitrogen and oxygen atoms in total. The Morgan fingerprint density at radius 3 is 2.75 bits per heavy atom. The normalized spacial score (nSPS) is 10.6. The Morgan fingerprint density at radius 1 is 1.35 bits per heavy atom. The van der Waals surface area contributed by atoms with Crippen molar-refractivity contribution < 1.29 is 4.79 Å². The van der Waals surface area contributed by atoms with Crippen LogP contribution < -0.4 is 5.32 Å². The lowest BCUT2D eigenvalue weighted by Gasteiger charge is -2.10. The van der Waals surface area contributed by atoms with E-state index in [1.54, 1.807) is 10.9 Å². The molecule has 0 aliphatic heterocycles. The first-order valence-corrected chi connectivity index (χ1v) is 7.46. The Labute approximate surface area is 127 Å². The zero-order chi connectivity index (χ0) is 14.7. The Morgan fingerprint density at radius 2 is 2.10 bits per heavy atom.